The van der Waals surface area contributed by atoms with E-state index in [0.29, 0.717) is 25.7 Å². The summed E-state index contributed by atoms with van der Waals surface area (Å²) in [6.45, 7) is 11.9. The van der Waals surface area contributed by atoms with Crippen LogP contribution in [-0.2, 0) is 65.4 Å². The van der Waals surface area contributed by atoms with Crippen LogP contribution in [0.3, 0.4) is 0 Å². The lowest BCUT2D eigenvalue weighted by Gasteiger charge is -2.21. The Bertz CT molecular complexity index is 1910. The maximum atomic E-state index is 13.1. The number of aliphatic hydroxyl groups is 1. The first kappa shape index (κ1) is 96.1. The van der Waals surface area contributed by atoms with Crippen molar-refractivity contribution in [2.24, 2.45) is 17.8 Å². The second-order valence-corrected chi connectivity index (χ2v) is 32.6. The summed E-state index contributed by atoms with van der Waals surface area (Å²) in [5.41, 5.74) is 0. The van der Waals surface area contributed by atoms with Crippen molar-refractivity contribution in [3.63, 3.8) is 0 Å². The lowest BCUT2D eigenvalue weighted by molar-refractivity contribution is -0.161. The molecule has 0 aliphatic rings. The van der Waals surface area contributed by atoms with E-state index >= 15 is 0 Å². The highest BCUT2D eigenvalue weighted by Gasteiger charge is 2.30. The largest absolute Gasteiger partial charge is 0.472 e. The minimum Gasteiger partial charge on any atom is -0.462 e. The lowest BCUT2D eigenvalue weighted by Crippen LogP contribution is -2.30. The van der Waals surface area contributed by atoms with Crippen molar-refractivity contribution in [3.05, 3.63) is 0 Å². The summed E-state index contributed by atoms with van der Waals surface area (Å²) >= 11 is 0. The highest BCUT2D eigenvalue weighted by molar-refractivity contribution is 7.47. The summed E-state index contributed by atoms with van der Waals surface area (Å²) in [5, 5.41) is 10.6. The number of hydrogen-bond acceptors (Lipinski definition) is 15. The summed E-state index contributed by atoms with van der Waals surface area (Å²) in [4.78, 5) is 73.0. The lowest BCUT2D eigenvalue weighted by atomic mass is 9.99. The fourth-order valence-electron chi connectivity index (χ4n) is 12.1. The highest BCUT2D eigenvalue weighted by atomic mass is 31.2. The molecule has 0 radical (unpaired) electrons. The van der Waals surface area contributed by atoms with Crippen LogP contribution in [0.1, 0.15) is 408 Å². The molecule has 0 aliphatic heterocycles. The number of esters is 4. The predicted molar refractivity (Wildman–Crippen MR) is 400 cm³/mol. The van der Waals surface area contributed by atoms with Crippen molar-refractivity contribution in [1.82, 2.24) is 0 Å². The molecule has 0 heterocycles. The van der Waals surface area contributed by atoms with E-state index < -0.39 is 97.5 Å². The first-order valence-corrected chi connectivity index (χ1v) is 43.9. The van der Waals surface area contributed by atoms with Crippen LogP contribution in [0.4, 0.5) is 0 Å². The number of hydrogen-bond donors (Lipinski definition) is 3. The molecular formula is C79H154O17P2. The number of aliphatic hydroxyl groups excluding tert-OH is 1. The van der Waals surface area contributed by atoms with Gasteiger partial charge in [-0.1, -0.05) is 357 Å². The van der Waals surface area contributed by atoms with Crippen LogP contribution < -0.4 is 0 Å². The van der Waals surface area contributed by atoms with Crippen LogP contribution in [0.15, 0.2) is 0 Å². The van der Waals surface area contributed by atoms with E-state index in [-0.39, 0.29) is 25.7 Å². The van der Waals surface area contributed by atoms with Gasteiger partial charge in [-0.25, -0.2) is 9.13 Å². The summed E-state index contributed by atoms with van der Waals surface area (Å²) in [7, 11) is -9.92. The van der Waals surface area contributed by atoms with Crippen molar-refractivity contribution in [3.8, 4) is 0 Å². The smallest absolute Gasteiger partial charge is 0.462 e. The number of unbranched alkanes of at least 4 members (excludes halogenated alkanes) is 44. The quantitative estimate of drug-likeness (QED) is 0.0222. The maximum Gasteiger partial charge on any atom is 0.472 e. The Morgan fingerprint density at radius 3 is 0.776 bits per heavy atom. The highest BCUT2D eigenvalue weighted by Crippen LogP contribution is 2.45. The standard InChI is InChI=1S/C79H154O17P2/c1-8-10-11-12-13-14-15-16-17-18-19-20-23-27-32-41-48-55-62-78(83)95-74(66-89-76(81)60-53-46-39-31-26-24-21-22-25-29-36-43-50-57-70(3)4)68-93-97(85,86)91-64-73(80)65-92-98(87,88)94-69-75(96-79(84)63-56-49-42-33-28-30-37-44-51-58-71(5)6)67-90-77(82)61-54-47-40-35-34-38-45-52-59-72(7)9-2/h70-75,80H,8-69H2,1-7H3,(H,85,86)(H,87,88)/t72?,73-,74-,75-/m1/s1. The molecule has 19 heteroatoms. The second-order valence-electron chi connectivity index (χ2n) is 29.6. The Morgan fingerprint density at radius 2 is 0.520 bits per heavy atom. The van der Waals surface area contributed by atoms with Gasteiger partial charge >= 0.3 is 39.5 Å². The van der Waals surface area contributed by atoms with Crippen molar-refractivity contribution in [2.75, 3.05) is 39.6 Å². The predicted octanol–water partition coefficient (Wildman–Crippen LogP) is 23.4. The number of carbonyl (C=O) groups excluding carboxylic acids is 4. The molecule has 98 heavy (non-hydrogen) atoms. The number of carbonyl (C=O) groups is 4. The molecule has 17 nitrogen and oxygen atoms in total. The second kappa shape index (κ2) is 69.4. The van der Waals surface area contributed by atoms with Crippen LogP contribution in [0.5, 0.6) is 0 Å². The molecule has 0 bridgehead atoms. The molecule has 0 saturated heterocycles. The Labute approximate surface area is 600 Å². The zero-order chi connectivity index (χ0) is 72.3. The van der Waals surface area contributed by atoms with Gasteiger partial charge in [-0.2, -0.15) is 0 Å². The van der Waals surface area contributed by atoms with E-state index in [9.17, 15) is 43.2 Å². The van der Waals surface area contributed by atoms with Crippen LogP contribution >= 0.6 is 15.6 Å². The van der Waals surface area contributed by atoms with Crippen LogP contribution in [0.25, 0.3) is 0 Å². The van der Waals surface area contributed by atoms with Gasteiger partial charge in [0.1, 0.15) is 19.3 Å². The number of phosphoric ester groups is 2. The Kier molecular flexibility index (Phi) is 68.1. The van der Waals surface area contributed by atoms with E-state index in [1.54, 1.807) is 0 Å². The zero-order valence-electron chi connectivity index (χ0n) is 64.3. The summed E-state index contributed by atoms with van der Waals surface area (Å²) in [6.07, 6.45) is 56.8. The molecule has 0 aromatic heterocycles. The first-order valence-electron chi connectivity index (χ1n) is 40.9. The van der Waals surface area contributed by atoms with E-state index in [4.69, 9.17) is 37.0 Å². The Balaban J connectivity index is 5.26. The first-order chi connectivity index (χ1) is 47.3. The van der Waals surface area contributed by atoms with E-state index in [0.717, 1.165) is 108 Å². The summed E-state index contributed by atoms with van der Waals surface area (Å²) < 4.78 is 68.7. The molecule has 0 rings (SSSR count). The van der Waals surface area contributed by atoms with Gasteiger partial charge < -0.3 is 33.8 Å². The SMILES string of the molecule is CCCCCCCCCCCCCCCCCCCCC(=O)O[C@H](COC(=O)CCCCCCCCCCCCCCCC(C)C)COP(=O)(O)OC[C@@H](O)COP(=O)(O)OC[C@@H](COC(=O)CCCCCCCCCCC(C)CC)OC(=O)CCCCCCCCCCCC(C)C. The van der Waals surface area contributed by atoms with Gasteiger partial charge in [-0.05, 0) is 43.4 Å². The third-order valence-corrected chi connectivity index (χ3v) is 20.6. The van der Waals surface area contributed by atoms with Crippen molar-refractivity contribution in [2.45, 2.75) is 426 Å². The number of rotatable bonds is 77. The summed E-state index contributed by atoms with van der Waals surface area (Å²) in [5.74, 6) is 0.191. The topological polar surface area (TPSA) is 237 Å². The molecular weight excluding hydrogens is 1280 g/mol. The Morgan fingerprint density at radius 1 is 0.296 bits per heavy atom. The van der Waals surface area contributed by atoms with E-state index in [1.807, 2.05) is 0 Å². The average Bonchev–Trinajstić information content (AvgIpc) is 1.10. The van der Waals surface area contributed by atoms with Crippen molar-refractivity contribution in [1.29, 1.82) is 0 Å². The van der Waals surface area contributed by atoms with Crippen molar-refractivity contribution >= 4 is 39.5 Å². The molecule has 0 amide bonds. The monoisotopic (exact) mass is 1440 g/mol. The van der Waals surface area contributed by atoms with Crippen LogP contribution in [-0.4, -0.2) is 96.7 Å². The van der Waals surface area contributed by atoms with E-state index in [1.165, 1.54) is 218 Å². The minimum absolute atomic E-state index is 0.105. The average molecular weight is 1440 g/mol. The van der Waals surface area contributed by atoms with E-state index in [2.05, 4.69) is 48.5 Å². The fourth-order valence-corrected chi connectivity index (χ4v) is 13.7. The molecule has 6 atom stereocenters. The van der Waals surface area contributed by atoms with Gasteiger partial charge in [0, 0.05) is 25.7 Å². The third-order valence-electron chi connectivity index (χ3n) is 18.7. The molecule has 0 spiro atoms. The maximum absolute atomic E-state index is 13.1. The third kappa shape index (κ3) is 71.1. The van der Waals surface area contributed by atoms with Gasteiger partial charge in [0.15, 0.2) is 12.2 Å². The molecule has 0 fully saturated rings. The van der Waals surface area contributed by atoms with Gasteiger partial charge in [-0.15, -0.1) is 0 Å². The van der Waals surface area contributed by atoms with Gasteiger partial charge in [0.05, 0.1) is 26.4 Å². The fraction of sp³-hybridized carbons (Fsp3) is 0.949. The molecule has 0 aromatic rings. The summed E-state index contributed by atoms with van der Waals surface area (Å²) in [6, 6.07) is 0. The molecule has 0 aromatic carbocycles. The molecule has 582 valence electrons. The normalized spacial score (nSPS) is 14.3. The van der Waals surface area contributed by atoms with Crippen molar-refractivity contribution < 1.29 is 80.2 Å². The van der Waals surface area contributed by atoms with Crippen LogP contribution in [0.2, 0.25) is 0 Å². The molecule has 0 saturated carbocycles. The van der Waals surface area contributed by atoms with Crippen LogP contribution in [0, 0.1) is 17.8 Å². The van der Waals surface area contributed by atoms with Gasteiger partial charge in [0.25, 0.3) is 0 Å². The molecule has 3 N–H and O–H groups in total. The molecule has 3 unspecified atom stereocenters. The number of phosphoric acid groups is 2. The molecule has 0 aliphatic carbocycles. The minimum atomic E-state index is -4.96. The number of ether oxygens (including phenoxy) is 4. The van der Waals surface area contributed by atoms with Gasteiger partial charge in [0.2, 0.25) is 0 Å². The zero-order valence-corrected chi connectivity index (χ0v) is 66.0. The Hall–Kier alpha value is -1.94. The van der Waals surface area contributed by atoms with Gasteiger partial charge in [-0.3, -0.25) is 37.3 Å².